The van der Waals surface area contributed by atoms with E-state index >= 15 is 0 Å². The minimum Gasteiger partial charge on any atom is -0.496 e. The third kappa shape index (κ3) is 7.42. The van der Waals surface area contributed by atoms with Crippen LogP contribution in [0.2, 0.25) is 0 Å². The van der Waals surface area contributed by atoms with E-state index in [1.54, 1.807) is 7.11 Å². The maximum atomic E-state index is 6.70. The zero-order valence-corrected chi connectivity index (χ0v) is 22.8. The van der Waals surface area contributed by atoms with E-state index in [4.69, 9.17) is 9.47 Å². The molecule has 0 radical (unpaired) electrons. The van der Waals surface area contributed by atoms with Crippen molar-refractivity contribution >= 4 is 0 Å². The van der Waals surface area contributed by atoms with Crippen LogP contribution >= 0.6 is 0 Å². The summed E-state index contributed by atoms with van der Waals surface area (Å²) in [5, 5.41) is 0. The predicted octanol–water partition coefficient (Wildman–Crippen LogP) is 9.14. The van der Waals surface area contributed by atoms with Gasteiger partial charge in [0.25, 0.3) is 0 Å². The van der Waals surface area contributed by atoms with Gasteiger partial charge in [-0.1, -0.05) is 72.6 Å². The standard InChI is InChI=1S/C30H52O2/c1-21(2)13-10-14-22(3)15-11-16-23(4)17-12-19-30(8)20-18-27-26(7)28(31-9)24(5)25(6)29(27)32-30/h21-23H,10-20H2,1-9H3. The quantitative estimate of drug-likeness (QED) is 0.302. The molecular formula is C30H52O2. The van der Waals surface area contributed by atoms with Crippen LogP contribution in [0.25, 0.3) is 0 Å². The van der Waals surface area contributed by atoms with Crippen LogP contribution in [-0.2, 0) is 6.42 Å². The number of rotatable bonds is 13. The molecule has 0 saturated heterocycles. The molecule has 2 rings (SSSR count). The molecule has 0 bridgehead atoms. The molecule has 0 aromatic heterocycles. The van der Waals surface area contributed by atoms with E-state index in [-0.39, 0.29) is 5.60 Å². The van der Waals surface area contributed by atoms with Crippen molar-refractivity contribution in [2.45, 2.75) is 132 Å². The van der Waals surface area contributed by atoms with Gasteiger partial charge in [0, 0.05) is 5.56 Å². The van der Waals surface area contributed by atoms with Gasteiger partial charge in [-0.25, -0.2) is 0 Å². The summed E-state index contributed by atoms with van der Waals surface area (Å²) >= 11 is 0. The van der Waals surface area contributed by atoms with Gasteiger partial charge < -0.3 is 9.47 Å². The summed E-state index contributed by atoms with van der Waals surface area (Å²) in [5.41, 5.74) is 5.07. The summed E-state index contributed by atoms with van der Waals surface area (Å²) in [5.74, 6) is 4.74. The molecule has 1 aromatic carbocycles. The van der Waals surface area contributed by atoms with Crippen LogP contribution in [-0.4, -0.2) is 12.7 Å². The van der Waals surface area contributed by atoms with Crippen LogP contribution in [0.4, 0.5) is 0 Å². The molecule has 184 valence electrons. The largest absolute Gasteiger partial charge is 0.496 e. The van der Waals surface area contributed by atoms with E-state index < -0.39 is 0 Å². The summed E-state index contributed by atoms with van der Waals surface area (Å²) in [4.78, 5) is 0. The fourth-order valence-corrected chi connectivity index (χ4v) is 5.57. The number of ether oxygens (including phenoxy) is 2. The molecule has 0 spiro atoms. The van der Waals surface area contributed by atoms with Gasteiger partial charge in [-0.2, -0.15) is 0 Å². The second-order valence-corrected chi connectivity index (χ2v) is 11.6. The normalized spacial score (nSPS) is 20.1. The molecule has 3 atom stereocenters. The van der Waals surface area contributed by atoms with Crippen LogP contribution in [0.5, 0.6) is 11.5 Å². The molecule has 0 amide bonds. The zero-order valence-electron chi connectivity index (χ0n) is 22.8. The number of hydrogen-bond donors (Lipinski definition) is 0. The van der Waals surface area contributed by atoms with E-state index in [1.807, 2.05) is 0 Å². The molecule has 0 N–H and O–H groups in total. The average Bonchev–Trinajstić information content (AvgIpc) is 2.72. The highest BCUT2D eigenvalue weighted by Gasteiger charge is 2.34. The van der Waals surface area contributed by atoms with Gasteiger partial charge in [-0.15, -0.1) is 0 Å². The summed E-state index contributed by atoms with van der Waals surface area (Å²) in [6.45, 7) is 18.4. The van der Waals surface area contributed by atoms with Gasteiger partial charge in [0.2, 0.25) is 0 Å². The first-order valence-electron chi connectivity index (χ1n) is 13.4. The van der Waals surface area contributed by atoms with E-state index in [9.17, 15) is 0 Å². The Morgan fingerprint density at radius 3 is 1.94 bits per heavy atom. The van der Waals surface area contributed by atoms with Crippen molar-refractivity contribution in [3.05, 3.63) is 22.3 Å². The number of hydrogen-bond acceptors (Lipinski definition) is 2. The fraction of sp³-hybridized carbons (Fsp3) is 0.800. The van der Waals surface area contributed by atoms with Crippen molar-refractivity contribution in [3.63, 3.8) is 0 Å². The molecule has 32 heavy (non-hydrogen) atoms. The Labute approximate surface area is 199 Å². The third-order valence-electron chi connectivity index (χ3n) is 8.04. The molecule has 1 heterocycles. The van der Waals surface area contributed by atoms with Crippen molar-refractivity contribution in [3.8, 4) is 11.5 Å². The van der Waals surface area contributed by atoms with Crippen molar-refractivity contribution < 1.29 is 9.47 Å². The van der Waals surface area contributed by atoms with Gasteiger partial charge in [0.1, 0.15) is 17.1 Å². The van der Waals surface area contributed by atoms with Crippen LogP contribution in [0.15, 0.2) is 0 Å². The lowest BCUT2D eigenvalue weighted by atomic mass is 9.83. The molecule has 2 nitrogen and oxygen atoms in total. The molecule has 3 unspecified atom stereocenters. The number of fused-ring (bicyclic) bond motifs is 1. The van der Waals surface area contributed by atoms with Gasteiger partial charge in [0.05, 0.1) is 7.11 Å². The second-order valence-electron chi connectivity index (χ2n) is 11.6. The van der Waals surface area contributed by atoms with Gasteiger partial charge in [-0.3, -0.25) is 0 Å². The van der Waals surface area contributed by atoms with Crippen LogP contribution in [0.1, 0.15) is 121 Å². The topological polar surface area (TPSA) is 18.5 Å². The zero-order chi connectivity index (χ0) is 23.9. The van der Waals surface area contributed by atoms with E-state index in [0.717, 1.165) is 48.5 Å². The number of benzene rings is 1. The lowest BCUT2D eigenvalue weighted by Gasteiger charge is -2.38. The van der Waals surface area contributed by atoms with Crippen molar-refractivity contribution in [1.82, 2.24) is 0 Å². The van der Waals surface area contributed by atoms with Crippen LogP contribution in [0, 0.1) is 38.5 Å². The molecule has 0 fully saturated rings. The molecule has 2 heteroatoms. The minimum absolute atomic E-state index is 0.0319. The second kappa shape index (κ2) is 12.3. The van der Waals surface area contributed by atoms with Gasteiger partial charge in [-0.05, 0) is 87.8 Å². The Kier molecular flexibility index (Phi) is 10.4. The lowest BCUT2D eigenvalue weighted by molar-refractivity contribution is 0.0512. The summed E-state index contributed by atoms with van der Waals surface area (Å²) in [6, 6.07) is 0. The fourth-order valence-electron chi connectivity index (χ4n) is 5.57. The molecule has 0 aliphatic carbocycles. The van der Waals surface area contributed by atoms with Crippen LogP contribution in [0.3, 0.4) is 0 Å². The molecule has 1 aliphatic rings. The number of methoxy groups -OCH3 is 1. The van der Waals surface area contributed by atoms with Crippen molar-refractivity contribution in [1.29, 1.82) is 0 Å². The maximum absolute atomic E-state index is 6.70. The summed E-state index contributed by atoms with van der Waals surface area (Å²) < 4.78 is 12.4. The first-order valence-corrected chi connectivity index (χ1v) is 13.4. The molecule has 0 saturated carbocycles. The molecule has 1 aliphatic heterocycles. The summed E-state index contributed by atoms with van der Waals surface area (Å²) in [7, 11) is 1.78. The van der Waals surface area contributed by atoms with Gasteiger partial charge in [0.15, 0.2) is 0 Å². The third-order valence-corrected chi connectivity index (χ3v) is 8.04. The van der Waals surface area contributed by atoms with E-state index in [1.165, 1.54) is 73.6 Å². The Morgan fingerprint density at radius 1 is 0.812 bits per heavy atom. The Bertz CT molecular complexity index is 720. The molecular weight excluding hydrogens is 392 g/mol. The maximum Gasteiger partial charge on any atom is 0.127 e. The SMILES string of the molecule is COc1c(C)c(C)c2c(c1C)CCC(C)(CCCC(C)CCCC(C)CCCC(C)C)O2. The monoisotopic (exact) mass is 444 g/mol. The smallest absolute Gasteiger partial charge is 0.127 e. The highest BCUT2D eigenvalue weighted by Crippen LogP contribution is 2.44. The first-order chi connectivity index (χ1) is 15.1. The summed E-state index contributed by atoms with van der Waals surface area (Å²) in [6.07, 6.45) is 14.3. The predicted molar refractivity (Wildman–Crippen MR) is 139 cm³/mol. The van der Waals surface area contributed by atoms with Crippen LogP contribution < -0.4 is 9.47 Å². The highest BCUT2D eigenvalue weighted by atomic mass is 16.5. The lowest BCUT2D eigenvalue weighted by Crippen LogP contribution is -2.37. The Hall–Kier alpha value is -1.18. The highest BCUT2D eigenvalue weighted by molar-refractivity contribution is 5.58. The van der Waals surface area contributed by atoms with Gasteiger partial charge >= 0.3 is 0 Å². The van der Waals surface area contributed by atoms with Crippen molar-refractivity contribution in [2.75, 3.05) is 7.11 Å². The Balaban J connectivity index is 1.77. The minimum atomic E-state index is -0.0319. The van der Waals surface area contributed by atoms with E-state index in [2.05, 4.69) is 55.4 Å². The Morgan fingerprint density at radius 2 is 1.38 bits per heavy atom. The molecule has 1 aromatic rings. The first kappa shape index (κ1) is 27.1. The van der Waals surface area contributed by atoms with Crippen molar-refractivity contribution in [2.24, 2.45) is 17.8 Å². The average molecular weight is 445 g/mol. The van der Waals surface area contributed by atoms with E-state index in [0.29, 0.717) is 0 Å².